The summed E-state index contributed by atoms with van der Waals surface area (Å²) in [4.78, 5) is 17.4. The Hall–Kier alpha value is -3.56. The average molecular weight is 449 g/mol. The third kappa shape index (κ3) is 4.24. The summed E-state index contributed by atoms with van der Waals surface area (Å²) in [5.74, 6) is -0.663. The molecule has 3 aromatic heterocycles. The number of nitrogens with zero attached hydrogens (tertiary/aromatic N) is 4. The molecule has 1 aliphatic rings. The van der Waals surface area contributed by atoms with Gasteiger partial charge < -0.3 is 19.7 Å². The van der Waals surface area contributed by atoms with Crippen molar-refractivity contribution in [2.45, 2.75) is 25.1 Å². The van der Waals surface area contributed by atoms with E-state index < -0.39 is 12.1 Å². The van der Waals surface area contributed by atoms with Gasteiger partial charge in [0.25, 0.3) is 5.91 Å². The second-order valence-corrected chi connectivity index (χ2v) is 8.27. The third-order valence-corrected chi connectivity index (χ3v) is 5.92. The number of amides is 1. The Morgan fingerprint density at radius 2 is 2.21 bits per heavy atom. The zero-order chi connectivity index (χ0) is 22.9. The number of ether oxygens (including phenoxy) is 1. The van der Waals surface area contributed by atoms with Crippen LogP contribution in [0.1, 0.15) is 22.3 Å². The lowest BCUT2D eigenvalue weighted by atomic mass is 10.1. The van der Waals surface area contributed by atoms with Crippen LogP contribution in [0.15, 0.2) is 55.1 Å². The van der Waals surface area contributed by atoms with Crippen LogP contribution < -0.4 is 5.32 Å². The molecule has 1 aromatic carbocycles. The molecule has 5 rings (SSSR count). The van der Waals surface area contributed by atoms with Gasteiger partial charge >= 0.3 is 0 Å². The van der Waals surface area contributed by atoms with Crippen molar-refractivity contribution in [2.75, 3.05) is 13.2 Å². The van der Waals surface area contributed by atoms with Crippen LogP contribution in [0.25, 0.3) is 22.2 Å². The SMILES string of the molecule is Cn1cc(-c2ccc(Cn3cc(C(=O)N[C@H]4COCC[C@@H]4O)c4ncccc43)cc2F)cn1. The molecule has 8 nitrogen and oxygen atoms in total. The van der Waals surface area contributed by atoms with Crippen molar-refractivity contribution < 1.29 is 19.0 Å². The Morgan fingerprint density at radius 3 is 2.97 bits per heavy atom. The molecule has 0 spiro atoms. The minimum atomic E-state index is -0.648. The van der Waals surface area contributed by atoms with E-state index in [4.69, 9.17) is 4.74 Å². The molecule has 0 saturated carbocycles. The number of pyridine rings is 1. The number of carbonyl (C=O) groups is 1. The molecule has 1 fully saturated rings. The van der Waals surface area contributed by atoms with Crippen molar-refractivity contribution in [3.63, 3.8) is 0 Å². The summed E-state index contributed by atoms with van der Waals surface area (Å²) in [6.45, 7) is 1.11. The van der Waals surface area contributed by atoms with Crippen molar-refractivity contribution in [3.05, 3.63) is 72.1 Å². The quantitative estimate of drug-likeness (QED) is 0.488. The number of carbonyl (C=O) groups excluding carboxylic acids is 1. The molecule has 0 radical (unpaired) electrons. The van der Waals surface area contributed by atoms with Gasteiger partial charge in [-0.1, -0.05) is 12.1 Å². The summed E-state index contributed by atoms with van der Waals surface area (Å²) in [5.41, 5.74) is 3.66. The molecule has 4 heterocycles. The highest BCUT2D eigenvalue weighted by molar-refractivity contribution is 6.05. The van der Waals surface area contributed by atoms with Crippen LogP contribution in [-0.4, -0.2) is 55.7 Å². The molecule has 0 aliphatic carbocycles. The van der Waals surface area contributed by atoms with E-state index in [1.54, 1.807) is 48.6 Å². The molecule has 2 atom stereocenters. The molecule has 2 N–H and O–H groups in total. The van der Waals surface area contributed by atoms with Crippen LogP contribution in [0.4, 0.5) is 4.39 Å². The first-order valence-corrected chi connectivity index (χ1v) is 10.8. The van der Waals surface area contributed by atoms with Crippen molar-refractivity contribution in [2.24, 2.45) is 7.05 Å². The number of halogens is 1. The summed E-state index contributed by atoms with van der Waals surface area (Å²) in [7, 11) is 1.79. The molecule has 1 aliphatic heterocycles. The molecule has 1 amide bonds. The lowest BCUT2D eigenvalue weighted by Crippen LogP contribution is -2.49. The number of aromatic nitrogens is 4. The van der Waals surface area contributed by atoms with E-state index in [1.165, 1.54) is 6.07 Å². The summed E-state index contributed by atoms with van der Waals surface area (Å²) in [5, 5.41) is 17.1. The van der Waals surface area contributed by atoms with Crippen molar-refractivity contribution in [3.8, 4) is 11.1 Å². The summed E-state index contributed by atoms with van der Waals surface area (Å²) in [6.07, 6.45) is 6.57. The first-order valence-electron chi connectivity index (χ1n) is 10.8. The second kappa shape index (κ2) is 8.76. The van der Waals surface area contributed by atoms with Gasteiger partial charge in [-0.3, -0.25) is 14.5 Å². The number of nitrogens with one attached hydrogen (secondary N) is 1. The number of aliphatic hydroxyl groups is 1. The zero-order valence-corrected chi connectivity index (χ0v) is 18.1. The average Bonchev–Trinajstić information content (AvgIpc) is 3.39. The molecule has 9 heteroatoms. The molecular weight excluding hydrogens is 425 g/mol. The number of aliphatic hydroxyl groups excluding tert-OH is 1. The van der Waals surface area contributed by atoms with E-state index >= 15 is 0 Å². The number of benzene rings is 1. The van der Waals surface area contributed by atoms with Gasteiger partial charge in [-0.25, -0.2) is 4.39 Å². The fourth-order valence-corrected chi connectivity index (χ4v) is 4.18. The minimum absolute atomic E-state index is 0.265. The van der Waals surface area contributed by atoms with Gasteiger partial charge in [-0.15, -0.1) is 0 Å². The number of hydrogen-bond donors (Lipinski definition) is 2. The number of fused-ring (bicyclic) bond motifs is 1. The maximum absolute atomic E-state index is 14.8. The van der Waals surface area contributed by atoms with Crippen LogP contribution in [0.3, 0.4) is 0 Å². The highest BCUT2D eigenvalue weighted by Gasteiger charge is 2.27. The van der Waals surface area contributed by atoms with Crippen LogP contribution >= 0.6 is 0 Å². The standard InChI is InChI=1S/C24H24FN5O3/c1-29-12-16(10-27-29)17-5-4-15(9-19(17)25)11-30-13-18(23-21(30)3-2-7-26-23)24(32)28-20-14-33-8-6-22(20)31/h2-5,7,9-10,12-13,20,22,31H,6,8,11,14H2,1H3,(H,28,32)/t20-,22-/m0/s1. The van der Waals surface area contributed by atoms with Gasteiger partial charge in [0.1, 0.15) is 11.3 Å². The fourth-order valence-electron chi connectivity index (χ4n) is 4.18. The maximum Gasteiger partial charge on any atom is 0.255 e. The maximum atomic E-state index is 14.8. The van der Waals surface area contributed by atoms with Crippen molar-refractivity contribution in [1.29, 1.82) is 0 Å². The Kier molecular flexibility index (Phi) is 5.65. The van der Waals surface area contributed by atoms with Crippen molar-refractivity contribution >= 4 is 16.9 Å². The predicted molar refractivity (Wildman–Crippen MR) is 120 cm³/mol. The highest BCUT2D eigenvalue weighted by Crippen LogP contribution is 2.25. The van der Waals surface area contributed by atoms with Gasteiger partial charge in [-0.05, 0) is 30.2 Å². The molecule has 0 bridgehead atoms. The van der Waals surface area contributed by atoms with Gasteiger partial charge in [0.05, 0.1) is 36.0 Å². The van der Waals surface area contributed by atoms with E-state index in [-0.39, 0.29) is 18.3 Å². The largest absolute Gasteiger partial charge is 0.391 e. The van der Waals surface area contributed by atoms with E-state index in [0.29, 0.717) is 41.8 Å². The van der Waals surface area contributed by atoms with Crippen LogP contribution in [0.2, 0.25) is 0 Å². The fraction of sp³-hybridized carbons (Fsp3) is 0.292. The third-order valence-electron chi connectivity index (χ3n) is 5.92. The van der Waals surface area contributed by atoms with Crippen molar-refractivity contribution in [1.82, 2.24) is 24.6 Å². The molecular formula is C24H24FN5O3. The van der Waals surface area contributed by atoms with Gasteiger partial charge in [0.15, 0.2) is 0 Å². The zero-order valence-electron chi connectivity index (χ0n) is 18.1. The van der Waals surface area contributed by atoms with Gasteiger partial charge in [0.2, 0.25) is 0 Å². The predicted octanol–water partition coefficient (Wildman–Crippen LogP) is 2.50. The first kappa shape index (κ1) is 21.3. The summed E-state index contributed by atoms with van der Waals surface area (Å²) >= 11 is 0. The monoisotopic (exact) mass is 449 g/mol. The summed E-state index contributed by atoms with van der Waals surface area (Å²) in [6, 6.07) is 8.30. The van der Waals surface area contributed by atoms with E-state index in [2.05, 4.69) is 15.4 Å². The molecule has 170 valence electrons. The molecule has 4 aromatic rings. The smallest absolute Gasteiger partial charge is 0.255 e. The van der Waals surface area contributed by atoms with E-state index in [1.807, 2.05) is 16.7 Å². The Labute approximate surface area is 189 Å². The second-order valence-electron chi connectivity index (χ2n) is 8.27. The van der Waals surface area contributed by atoms with Crippen LogP contribution in [0.5, 0.6) is 0 Å². The number of rotatable bonds is 5. The topological polar surface area (TPSA) is 94.2 Å². The Balaban J connectivity index is 1.42. The lowest BCUT2D eigenvalue weighted by molar-refractivity contribution is -0.0139. The van der Waals surface area contributed by atoms with Crippen LogP contribution in [0, 0.1) is 5.82 Å². The van der Waals surface area contributed by atoms with Crippen LogP contribution in [-0.2, 0) is 18.3 Å². The molecule has 1 saturated heterocycles. The lowest BCUT2D eigenvalue weighted by Gasteiger charge is -2.28. The van der Waals surface area contributed by atoms with Gasteiger partial charge in [0, 0.05) is 49.9 Å². The summed E-state index contributed by atoms with van der Waals surface area (Å²) < 4.78 is 23.7. The Bertz CT molecular complexity index is 1310. The number of hydrogen-bond acceptors (Lipinski definition) is 5. The highest BCUT2D eigenvalue weighted by atomic mass is 19.1. The number of aryl methyl sites for hydroxylation is 1. The molecule has 33 heavy (non-hydrogen) atoms. The first-order chi connectivity index (χ1) is 16.0. The van der Waals surface area contributed by atoms with Gasteiger partial charge in [-0.2, -0.15) is 5.10 Å². The normalized spacial score (nSPS) is 18.5. The van der Waals surface area contributed by atoms with E-state index in [9.17, 15) is 14.3 Å². The Morgan fingerprint density at radius 1 is 1.33 bits per heavy atom. The molecule has 0 unspecified atom stereocenters. The minimum Gasteiger partial charge on any atom is -0.391 e. The van der Waals surface area contributed by atoms with E-state index in [0.717, 1.165) is 11.1 Å².